The van der Waals surface area contributed by atoms with Gasteiger partial charge in [0, 0.05) is 15.4 Å². The lowest BCUT2D eigenvalue weighted by molar-refractivity contribution is -0.185. The van der Waals surface area contributed by atoms with Crippen LogP contribution in [0.4, 0.5) is 18.9 Å². The smallest absolute Gasteiger partial charge is 0.325 e. The van der Waals surface area contributed by atoms with E-state index in [0.717, 1.165) is 0 Å². The largest absolute Gasteiger partial charge is 0.391 e. The third-order valence-corrected chi connectivity index (χ3v) is 4.59. The molecular weight excluding hydrogens is 371 g/mol. The molecule has 1 fully saturated rings. The summed E-state index contributed by atoms with van der Waals surface area (Å²) < 4.78 is 38.9. The Morgan fingerprint density at radius 2 is 2.05 bits per heavy atom. The number of anilines is 1. The van der Waals surface area contributed by atoms with Gasteiger partial charge in [-0.3, -0.25) is 4.79 Å². The van der Waals surface area contributed by atoms with Gasteiger partial charge in [0.1, 0.15) is 0 Å². The van der Waals surface area contributed by atoms with Gasteiger partial charge in [-0.25, -0.2) is 0 Å². The van der Waals surface area contributed by atoms with Crippen molar-refractivity contribution < 1.29 is 18.0 Å². The molecule has 2 nitrogen and oxygen atoms in total. The van der Waals surface area contributed by atoms with Crippen LogP contribution in [-0.4, -0.2) is 12.1 Å². The Bertz CT molecular complexity index is 535. The van der Waals surface area contributed by atoms with Crippen molar-refractivity contribution in [2.45, 2.75) is 31.9 Å². The predicted octanol–water partition coefficient (Wildman–Crippen LogP) is 5.41. The number of carbonyl (C=O) groups is 1. The van der Waals surface area contributed by atoms with Gasteiger partial charge in [-0.1, -0.05) is 18.0 Å². The quantitative estimate of drug-likeness (QED) is 0.726. The number of alkyl halides is 3. The summed E-state index contributed by atoms with van der Waals surface area (Å²) in [6.45, 7) is 0. The van der Waals surface area contributed by atoms with Crippen LogP contribution >= 0.6 is 27.5 Å². The van der Waals surface area contributed by atoms with E-state index in [4.69, 9.17) is 11.6 Å². The number of hydrogen-bond donors (Lipinski definition) is 1. The van der Waals surface area contributed by atoms with Gasteiger partial charge in [0.2, 0.25) is 5.91 Å². The average Bonchev–Trinajstić information content (AvgIpc) is 2.41. The van der Waals surface area contributed by atoms with Crippen LogP contribution in [0.5, 0.6) is 0 Å². The Labute approximate surface area is 134 Å². The second kappa shape index (κ2) is 6.57. The molecule has 0 saturated heterocycles. The first kappa shape index (κ1) is 16.6. The highest BCUT2D eigenvalue weighted by atomic mass is 79.9. The minimum atomic E-state index is -4.22. The molecular formula is C14H14BrClF3NO. The summed E-state index contributed by atoms with van der Waals surface area (Å²) in [5.41, 5.74) is 0.513. The van der Waals surface area contributed by atoms with Gasteiger partial charge in [0.15, 0.2) is 0 Å². The van der Waals surface area contributed by atoms with Crippen LogP contribution in [0.15, 0.2) is 22.7 Å². The zero-order valence-corrected chi connectivity index (χ0v) is 13.4. The van der Waals surface area contributed by atoms with E-state index in [2.05, 4.69) is 21.2 Å². The molecule has 0 aliphatic heterocycles. The van der Waals surface area contributed by atoms with Gasteiger partial charge in [-0.15, -0.1) is 0 Å². The summed E-state index contributed by atoms with van der Waals surface area (Å²) in [5.74, 6) is -2.35. The van der Waals surface area contributed by atoms with Gasteiger partial charge in [-0.2, -0.15) is 13.2 Å². The maximum atomic E-state index is 12.8. The van der Waals surface area contributed by atoms with E-state index in [9.17, 15) is 18.0 Å². The molecule has 0 bridgehead atoms. The molecule has 2 unspecified atom stereocenters. The first-order valence-corrected chi connectivity index (χ1v) is 7.77. The van der Waals surface area contributed by atoms with Crippen LogP contribution in [0.25, 0.3) is 0 Å². The van der Waals surface area contributed by atoms with Crippen LogP contribution in [0, 0.1) is 11.8 Å². The zero-order chi connectivity index (χ0) is 15.6. The van der Waals surface area contributed by atoms with Gasteiger partial charge in [0.05, 0.1) is 11.6 Å². The van der Waals surface area contributed by atoms with Crippen molar-refractivity contribution in [2.24, 2.45) is 11.8 Å². The summed E-state index contributed by atoms with van der Waals surface area (Å²) in [4.78, 5) is 12.1. The second-order valence-corrected chi connectivity index (χ2v) is 6.51. The van der Waals surface area contributed by atoms with Crippen molar-refractivity contribution in [1.29, 1.82) is 0 Å². The van der Waals surface area contributed by atoms with E-state index < -0.39 is 18.0 Å². The van der Waals surface area contributed by atoms with E-state index in [1.807, 2.05) is 0 Å². The molecule has 0 spiro atoms. The minimum absolute atomic E-state index is 0.109. The summed E-state index contributed by atoms with van der Waals surface area (Å²) in [5, 5.41) is 3.18. The van der Waals surface area contributed by atoms with Crippen LogP contribution in [-0.2, 0) is 4.79 Å². The topological polar surface area (TPSA) is 29.1 Å². The maximum absolute atomic E-state index is 12.8. The first-order chi connectivity index (χ1) is 9.77. The number of hydrogen-bond acceptors (Lipinski definition) is 1. The molecule has 1 aromatic carbocycles. The number of halogens is 5. The van der Waals surface area contributed by atoms with E-state index in [0.29, 0.717) is 28.0 Å². The normalized spacial score (nSPS) is 22.9. The van der Waals surface area contributed by atoms with E-state index in [1.165, 1.54) is 0 Å². The Morgan fingerprint density at radius 3 is 2.67 bits per heavy atom. The Morgan fingerprint density at radius 1 is 1.33 bits per heavy atom. The average molecular weight is 385 g/mol. The Balaban J connectivity index is 2.03. The summed E-state index contributed by atoms with van der Waals surface area (Å²) >= 11 is 9.07. The molecule has 1 aliphatic carbocycles. The van der Waals surface area contributed by atoms with Crippen molar-refractivity contribution >= 4 is 39.1 Å². The van der Waals surface area contributed by atoms with Gasteiger partial charge >= 0.3 is 6.18 Å². The highest BCUT2D eigenvalue weighted by Gasteiger charge is 2.43. The van der Waals surface area contributed by atoms with Crippen LogP contribution in [0.2, 0.25) is 5.02 Å². The van der Waals surface area contributed by atoms with Crippen molar-refractivity contribution in [1.82, 2.24) is 0 Å². The molecule has 0 heterocycles. The fourth-order valence-corrected chi connectivity index (χ4v) is 3.33. The molecule has 1 N–H and O–H groups in total. The molecule has 0 radical (unpaired) electrons. The lowest BCUT2D eigenvalue weighted by Gasteiger charge is -2.29. The number of benzene rings is 1. The first-order valence-electron chi connectivity index (χ1n) is 6.60. The number of carbonyl (C=O) groups excluding carboxylic acids is 1. The third-order valence-electron chi connectivity index (χ3n) is 3.70. The van der Waals surface area contributed by atoms with Crippen molar-refractivity contribution in [2.75, 3.05) is 5.32 Å². The molecule has 21 heavy (non-hydrogen) atoms. The van der Waals surface area contributed by atoms with E-state index in [1.54, 1.807) is 18.2 Å². The van der Waals surface area contributed by atoms with Crippen LogP contribution < -0.4 is 5.32 Å². The number of rotatable bonds is 2. The standard InChI is InChI=1S/C14H14BrClF3NO/c15-11-7-10(16)4-5-12(11)20-13(21)8-2-1-3-9(6-8)14(17,18)19/h4-5,7-9H,1-3,6H2,(H,20,21). The van der Waals surface area contributed by atoms with Gasteiger partial charge < -0.3 is 5.32 Å². The highest BCUT2D eigenvalue weighted by molar-refractivity contribution is 9.10. The van der Waals surface area contributed by atoms with Crippen molar-refractivity contribution in [3.8, 4) is 0 Å². The summed E-state index contributed by atoms with van der Waals surface area (Å²) in [7, 11) is 0. The fourth-order valence-electron chi connectivity index (χ4n) is 2.55. The molecule has 2 rings (SSSR count). The fraction of sp³-hybridized carbons (Fsp3) is 0.500. The van der Waals surface area contributed by atoms with E-state index >= 15 is 0 Å². The Kier molecular flexibility index (Phi) is 5.20. The minimum Gasteiger partial charge on any atom is -0.325 e. The number of amides is 1. The molecule has 116 valence electrons. The Hall–Kier alpha value is -0.750. The predicted molar refractivity (Wildman–Crippen MR) is 79.3 cm³/mol. The molecule has 0 aromatic heterocycles. The third kappa shape index (κ3) is 4.36. The molecule has 2 atom stereocenters. The van der Waals surface area contributed by atoms with Crippen LogP contribution in [0.3, 0.4) is 0 Å². The lowest BCUT2D eigenvalue weighted by atomic mass is 9.80. The lowest BCUT2D eigenvalue weighted by Crippen LogP contribution is -2.34. The van der Waals surface area contributed by atoms with E-state index in [-0.39, 0.29) is 18.7 Å². The second-order valence-electron chi connectivity index (χ2n) is 5.22. The summed E-state index contributed by atoms with van der Waals surface area (Å²) in [6.07, 6.45) is -3.34. The summed E-state index contributed by atoms with van der Waals surface area (Å²) in [6, 6.07) is 4.85. The molecule has 1 aromatic rings. The van der Waals surface area contributed by atoms with Gasteiger partial charge in [0.25, 0.3) is 0 Å². The molecule has 1 saturated carbocycles. The monoisotopic (exact) mass is 383 g/mol. The molecule has 7 heteroatoms. The van der Waals surface area contributed by atoms with Crippen molar-refractivity contribution in [3.05, 3.63) is 27.7 Å². The van der Waals surface area contributed by atoms with Crippen LogP contribution in [0.1, 0.15) is 25.7 Å². The zero-order valence-electron chi connectivity index (χ0n) is 11.0. The number of nitrogens with one attached hydrogen (secondary N) is 1. The highest BCUT2D eigenvalue weighted by Crippen LogP contribution is 2.40. The molecule has 1 aliphatic rings. The molecule has 1 amide bonds. The maximum Gasteiger partial charge on any atom is 0.391 e. The van der Waals surface area contributed by atoms with Gasteiger partial charge in [-0.05, 0) is 53.4 Å². The SMILES string of the molecule is O=C(Nc1ccc(Cl)cc1Br)C1CCCC(C(F)(F)F)C1. The van der Waals surface area contributed by atoms with Crippen molar-refractivity contribution in [3.63, 3.8) is 0 Å².